The van der Waals surface area contributed by atoms with Gasteiger partial charge in [0.25, 0.3) is 0 Å². The number of urea groups is 1. The number of esters is 1. The summed E-state index contributed by atoms with van der Waals surface area (Å²) in [6, 6.07) is 29.5. The Hall–Kier alpha value is -4.61. The highest BCUT2D eigenvalue weighted by molar-refractivity contribution is 5.80. The van der Waals surface area contributed by atoms with Gasteiger partial charge in [-0.15, -0.1) is 0 Å². The maximum absolute atomic E-state index is 12.2. The number of hydrogen-bond donors (Lipinski definition) is 3. The van der Waals surface area contributed by atoms with E-state index in [1.54, 1.807) is 6.92 Å². The summed E-state index contributed by atoms with van der Waals surface area (Å²) in [5, 5.41) is 14.8. The highest BCUT2D eigenvalue weighted by Gasteiger charge is 2.33. The predicted octanol–water partition coefficient (Wildman–Crippen LogP) is 5.32. The minimum atomic E-state index is -0.580. The maximum Gasteiger partial charge on any atom is 0.325 e. The van der Waals surface area contributed by atoms with E-state index in [-0.39, 0.29) is 32.0 Å². The van der Waals surface area contributed by atoms with Crippen molar-refractivity contribution in [3.05, 3.63) is 125 Å². The van der Waals surface area contributed by atoms with E-state index >= 15 is 0 Å². The van der Waals surface area contributed by atoms with E-state index < -0.39 is 18.3 Å². The molecule has 4 aromatic rings. The molecule has 5 rings (SSSR count). The van der Waals surface area contributed by atoms with Crippen LogP contribution >= 0.6 is 0 Å². The Labute approximate surface area is 282 Å². The number of nitrogens with zero attached hydrogens (tertiary/aromatic N) is 2. The molecule has 3 atom stereocenters. The van der Waals surface area contributed by atoms with Crippen molar-refractivity contribution >= 4 is 12.0 Å². The third kappa shape index (κ3) is 10.2. The Morgan fingerprint density at radius 1 is 0.917 bits per heavy atom. The van der Waals surface area contributed by atoms with Crippen molar-refractivity contribution in [1.29, 1.82) is 0 Å². The second kappa shape index (κ2) is 17.5. The number of aromatic nitrogens is 1. The Balaban J connectivity index is 1.28. The van der Waals surface area contributed by atoms with E-state index in [9.17, 15) is 14.7 Å². The molecule has 48 heavy (non-hydrogen) atoms. The minimum Gasteiger partial charge on any atom is -0.465 e. The van der Waals surface area contributed by atoms with Crippen LogP contribution in [0.5, 0.6) is 0 Å². The molecule has 0 aliphatic carbocycles. The fourth-order valence-electron chi connectivity index (χ4n) is 5.66. The van der Waals surface area contributed by atoms with Crippen LogP contribution in [0.25, 0.3) is 11.1 Å². The van der Waals surface area contributed by atoms with Crippen LogP contribution in [-0.2, 0) is 38.6 Å². The predicted molar refractivity (Wildman–Crippen MR) is 183 cm³/mol. The van der Waals surface area contributed by atoms with Crippen molar-refractivity contribution in [2.75, 3.05) is 33.3 Å². The van der Waals surface area contributed by atoms with Gasteiger partial charge < -0.3 is 34.9 Å². The summed E-state index contributed by atoms with van der Waals surface area (Å²) in [7, 11) is 2.11. The summed E-state index contributed by atoms with van der Waals surface area (Å²) in [5.41, 5.74) is 6.76. The zero-order valence-corrected chi connectivity index (χ0v) is 27.5. The van der Waals surface area contributed by atoms with Gasteiger partial charge in [0.05, 0.1) is 25.4 Å². The third-order valence-electron chi connectivity index (χ3n) is 8.18. The van der Waals surface area contributed by atoms with E-state index in [1.807, 2.05) is 91.1 Å². The van der Waals surface area contributed by atoms with Gasteiger partial charge in [0.1, 0.15) is 6.54 Å². The van der Waals surface area contributed by atoms with E-state index in [2.05, 4.69) is 33.6 Å². The van der Waals surface area contributed by atoms with Crippen LogP contribution in [0.3, 0.4) is 0 Å². The number of pyridine rings is 1. The average molecular weight is 653 g/mol. The average Bonchev–Trinajstić information content (AvgIpc) is 3.13. The topological polar surface area (TPSA) is 122 Å². The molecule has 3 unspecified atom stereocenters. The number of nitrogens with one attached hydrogen (secondary N) is 2. The number of aliphatic hydroxyl groups excluding tert-OH is 1. The molecule has 0 radical (unpaired) electrons. The van der Waals surface area contributed by atoms with Crippen LogP contribution in [0.4, 0.5) is 4.79 Å². The van der Waals surface area contributed by atoms with Crippen molar-refractivity contribution in [3.63, 3.8) is 0 Å². The smallest absolute Gasteiger partial charge is 0.325 e. The second-order valence-corrected chi connectivity index (χ2v) is 11.9. The number of carbonyl (C=O) groups is 2. The van der Waals surface area contributed by atoms with Crippen molar-refractivity contribution in [2.45, 2.75) is 51.4 Å². The molecule has 1 aliphatic rings. The number of ether oxygens (including phenoxy) is 3. The van der Waals surface area contributed by atoms with Crippen LogP contribution in [0.15, 0.2) is 97.2 Å². The van der Waals surface area contributed by atoms with Gasteiger partial charge in [-0.05, 0) is 66.1 Å². The molecule has 3 aromatic carbocycles. The first-order chi connectivity index (χ1) is 23.4. The molecule has 3 N–H and O–H groups in total. The molecule has 2 amide bonds. The maximum atomic E-state index is 12.2. The number of amides is 2. The number of likely N-dealkylation sites (N-methyl/N-ethyl adjacent to an activating group) is 1. The molecule has 10 nitrogen and oxygen atoms in total. The lowest BCUT2D eigenvalue weighted by molar-refractivity contribution is -0.252. The Bertz CT molecular complexity index is 1620. The van der Waals surface area contributed by atoms with Gasteiger partial charge in [0, 0.05) is 49.9 Å². The lowest BCUT2D eigenvalue weighted by Crippen LogP contribution is -2.38. The van der Waals surface area contributed by atoms with Gasteiger partial charge in [-0.3, -0.25) is 9.78 Å². The summed E-state index contributed by atoms with van der Waals surface area (Å²) < 4.78 is 18.1. The standard InChI is InChI=1S/C38H44N4O6/c1-3-46-36(44)24-41-38(45)40-23-28-8-6-9-30(20-28)31-10-7-11-32(21-31)37-47-34(25-42(2)19-17-33-12-4-5-18-39-33)22-35(48-37)29-15-13-27(26-43)14-16-29/h4-16,18,20-21,34-35,37,43H,3,17,19,22-26H2,1-2H3,(H2,40,41,45). The zero-order valence-electron chi connectivity index (χ0n) is 27.5. The van der Waals surface area contributed by atoms with Gasteiger partial charge >= 0.3 is 12.0 Å². The SMILES string of the molecule is CCOC(=O)CNC(=O)NCc1cccc(-c2cccc(C3OC(CN(C)CCc4ccccn4)CC(c4ccc(CO)cc4)O3)c2)c1. The molecule has 2 heterocycles. The Morgan fingerprint density at radius 3 is 2.46 bits per heavy atom. The second-order valence-electron chi connectivity index (χ2n) is 11.9. The van der Waals surface area contributed by atoms with E-state index in [1.165, 1.54) is 0 Å². The summed E-state index contributed by atoms with van der Waals surface area (Å²) in [6.45, 7) is 3.67. The molecular weight excluding hydrogens is 608 g/mol. The summed E-state index contributed by atoms with van der Waals surface area (Å²) >= 11 is 0. The summed E-state index contributed by atoms with van der Waals surface area (Å²) in [5.74, 6) is -0.481. The summed E-state index contributed by atoms with van der Waals surface area (Å²) in [6.07, 6.45) is 2.54. The van der Waals surface area contributed by atoms with Gasteiger partial charge in [-0.25, -0.2) is 4.79 Å². The molecule has 0 bridgehead atoms. The van der Waals surface area contributed by atoms with E-state index in [0.717, 1.165) is 58.6 Å². The quantitative estimate of drug-likeness (QED) is 0.157. The molecule has 10 heteroatoms. The highest BCUT2D eigenvalue weighted by Crippen LogP contribution is 2.39. The number of aliphatic hydroxyl groups is 1. The first-order valence-corrected chi connectivity index (χ1v) is 16.4. The fourth-order valence-corrected chi connectivity index (χ4v) is 5.66. The Kier molecular flexibility index (Phi) is 12.7. The number of carbonyl (C=O) groups excluding carboxylic acids is 2. The normalized spacial score (nSPS) is 17.5. The molecule has 1 aromatic heterocycles. The van der Waals surface area contributed by atoms with Crippen molar-refractivity contribution in [2.24, 2.45) is 0 Å². The first kappa shape index (κ1) is 34.7. The van der Waals surface area contributed by atoms with Crippen molar-refractivity contribution in [1.82, 2.24) is 20.5 Å². The minimum absolute atomic E-state index is 0.00599. The molecule has 0 saturated carbocycles. The summed E-state index contributed by atoms with van der Waals surface area (Å²) in [4.78, 5) is 30.4. The number of benzene rings is 3. The lowest BCUT2D eigenvalue weighted by atomic mass is 9.98. The number of hydrogen-bond acceptors (Lipinski definition) is 8. The molecule has 252 valence electrons. The monoisotopic (exact) mass is 652 g/mol. The highest BCUT2D eigenvalue weighted by atomic mass is 16.7. The zero-order chi connectivity index (χ0) is 33.7. The molecular formula is C38H44N4O6. The molecule has 0 spiro atoms. The fraction of sp³-hybridized carbons (Fsp3) is 0.342. The van der Waals surface area contributed by atoms with Gasteiger partial charge in [-0.1, -0.05) is 66.7 Å². The van der Waals surface area contributed by atoms with Gasteiger partial charge in [0.2, 0.25) is 0 Å². The van der Waals surface area contributed by atoms with Crippen LogP contribution in [0, 0.1) is 0 Å². The third-order valence-corrected chi connectivity index (χ3v) is 8.18. The molecule has 1 saturated heterocycles. The Morgan fingerprint density at radius 2 is 1.71 bits per heavy atom. The number of rotatable bonds is 14. The van der Waals surface area contributed by atoms with Crippen LogP contribution in [-0.4, -0.2) is 66.4 Å². The van der Waals surface area contributed by atoms with E-state index in [0.29, 0.717) is 13.0 Å². The molecule has 1 fully saturated rings. The van der Waals surface area contributed by atoms with E-state index in [4.69, 9.17) is 14.2 Å². The van der Waals surface area contributed by atoms with Gasteiger partial charge in [0.15, 0.2) is 6.29 Å². The van der Waals surface area contributed by atoms with Gasteiger partial charge in [-0.2, -0.15) is 0 Å². The van der Waals surface area contributed by atoms with Crippen LogP contribution < -0.4 is 10.6 Å². The molecule has 1 aliphatic heterocycles. The largest absolute Gasteiger partial charge is 0.465 e. The van der Waals surface area contributed by atoms with Crippen molar-refractivity contribution in [3.8, 4) is 11.1 Å². The van der Waals surface area contributed by atoms with Crippen LogP contribution in [0.1, 0.15) is 53.7 Å². The lowest BCUT2D eigenvalue weighted by Gasteiger charge is -2.38. The van der Waals surface area contributed by atoms with Crippen molar-refractivity contribution < 1.29 is 28.9 Å². The first-order valence-electron chi connectivity index (χ1n) is 16.4. The van der Waals surface area contributed by atoms with Crippen LogP contribution in [0.2, 0.25) is 0 Å².